The van der Waals surface area contributed by atoms with Crippen LogP contribution in [0.25, 0.3) is 0 Å². The van der Waals surface area contributed by atoms with Gasteiger partial charge in [0.25, 0.3) is 0 Å². The summed E-state index contributed by atoms with van der Waals surface area (Å²) in [5, 5.41) is 9.40. The average Bonchev–Trinajstić information content (AvgIpc) is 2.49. The van der Waals surface area contributed by atoms with Crippen LogP contribution < -0.4 is 0 Å². The number of ether oxygens (including phenoxy) is 2. The van der Waals surface area contributed by atoms with Crippen LogP contribution >= 0.6 is 0 Å². The SMILES string of the molecule is C=C[C@@H]1OC(C)(C)O[C@H]1C=C[C@@H](O)CC. The lowest BCUT2D eigenvalue weighted by Gasteiger charge is -2.15. The van der Waals surface area contributed by atoms with E-state index in [0.29, 0.717) is 6.42 Å². The molecule has 1 aliphatic rings. The molecule has 0 aromatic carbocycles. The van der Waals surface area contributed by atoms with Crippen LogP contribution in [-0.2, 0) is 9.47 Å². The van der Waals surface area contributed by atoms with Crippen molar-refractivity contribution in [1.29, 1.82) is 0 Å². The minimum absolute atomic E-state index is 0.139. The fourth-order valence-electron chi connectivity index (χ4n) is 1.52. The van der Waals surface area contributed by atoms with Gasteiger partial charge in [-0.3, -0.25) is 0 Å². The van der Waals surface area contributed by atoms with E-state index in [0.717, 1.165) is 0 Å². The van der Waals surface area contributed by atoms with Crippen molar-refractivity contribution < 1.29 is 14.6 Å². The third-order valence-electron chi connectivity index (χ3n) is 2.34. The summed E-state index contributed by atoms with van der Waals surface area (Å²) in [7, 11) is 0. The molecule has 1 fully saturated rings. The quantitative estimate of drug-likeness (QED) is 0.725. The third-order valence-corrected chi connectivity index (χ3v) is 2.34. The second-order valence-corrected chi connectivity index (χ2v) is 4.16. The highest BCUT2D eigenvalue weighted by Gasteiger charge is 2.38. The van der Waals surface area contributed by atoms with Crippen molar-refractivity contribution in [1.82, 2.24) is 0 Å². The van der Waals surface area contributed by atoms with Gasteiger partial charge in [0, 0.05) is 0 Å². The Morgan fingerprint density at radius 3 is 2.53 bits per heavy atom. The van der Waals surface area contributed by atoms with Crippen molar-refractivity contribution in [2.75, 3.05) is 0 Å². The summed E-state index contributed by atoms with van der Waals surface area (Å²) in [5.74, 6) is -0.578. The Bertz CT molecular complexity index is 245. The lowest BCUT2D eigenvalue weighted by molar-refractivity contribution is -0.139. The zero-order valence-electron chi connectivity index (χ0n) is 9.64. The molecule has 3 nitrogen and oxygen atoms in total. The van der Waals surface area contributed by atoms with E-state index in [2.05, 4.69) is 6.58 Å². The summed E-state index contributed by atoms with van der Waals surface area (Å²) in [6.45, 7) is 9.37. The maximum atomic E-state index is 9.40. The molecule has 0 bridgehead atoms. The zero-order valence-corrected chi connectivity index (χ0v) is 9.64. The van der Waals surface area contributed by atoms with Gasteiger partial charge in [-0.2, -0.15) is 0 Å². The molecule has 0 radical (unpaired) electrons. The van der Waals surface area contributed by atoms with E-state index in [1.165, 1.54) is 0 Å². The molecular formula is C12H20O3. The molecular weight excluding hydrogens is 192 g/mol. The first kappa shape index (κ1) is 12.4. The van der Waals surface area contributed by atoms with Crippen LogP contribution in [-0.4, -0.2) is 29.2 Å². The first-order chi connectivity index (χ1) is 6.98. The number of hydrogen-bond acceptors (Lipinski definition) is 3. The Labute approximate surface area is 91.4 Å². The first-order valence-electron chi connectivity index (χ1n) is 5.33. The molecule has 0 unspecified atom stereocenters. The van der Waals surface area contributed by atoms with E-state index in [9.17, 15) is 5.11 Å². The van der Waals surface area contributed by atoms with Crippen LogP contribution in [0.4, 0.5) is 0 Å². The molecule has 1 rings (SSSR count). The molecule has 0 aromatic heterocycles. The number of aliphatic hydroxyl groups is 1. The lowest BCUT2D eigenvalue weighted by atomic mass is 10.1. The monoisotopic (exact) mass is 212 g/mol. The number of hydrogen-bond donors (Lipinski definition) is 1. The van der Waals surface area contributed by atoms with Gasteiger partial charge < -0.3 is 14.6 Å². The van der Waals surface area contributed by atoms with Crippen LogP contribution in [0.5, 0.6) is 0 Å². The number of rotatable bonds is 4. The highest BCUT2D eigenvalue weighted by atomic mass is 16.7. The standard InChI is InChI=1S/C12H20O3/c1-5-9(13)7-8-11-10(6-2)14-12(3,4)15-11/h6-11,13H,2,5H2,1,3-4H3/t9-,10-,11-/m0/s1. The van der Waals surface area contributed by atoms with Crippen molar-refractivity contribution in [3.8, 4) is 0 Å². The summed E-state index contributed by atoms with van der Waals surface area (Å²) >= 11 is 0. The van der Waals surface area contributed by atoms with E-state index < -0.39 is 11.9 Å². The maximum absolute atomic E-state index is 9.40. The summed E-state index contributed by atoms with van der Waals surface area (Å²) in [5.41, 5.74) is 0. The predicted molar refractivity (Wildman–Crippen MR) is 59.5 cm³/mol. The molecule has 86 valence electrons. The predicted octanol–water partition coefficient (Wildman–Crippen LogP) is 2.02. The lowest BCUT2D eigenvalue weighted by Crippen LogP contribution is -2.20. The van der Waals surface area contributed by atoms with Crippen LogP contribution in [0.1, 0.15) is 27.2 Å². The molecule has 1 saturated heterocycles. The van der Waals surface area contributed by atoms with Crippen molar-refractivity contribution >= 4 is 0 Å². The van der Waals surface area contributed by atoms with Gasteiger partial charge in [-0.1, -0.05) is 25.2 Å². The topological polar surface area (TPSA) is 38.7 Å². The minimum Gasteiger partial charge on any atom is -0.389 e. The Morgan fingerprint density at radius 1 is 1.40 bits per heavy atom. The summed E-state index contributed by atoms with van der Waals surface area (Å²) in [6, 6.07) is 0. The highest BCUT2D eigenvalue weighted by molar-refractivity contribution is 5.05. The molecule has 1 heterocycles. The van der Waals surface area contributed by atoms with Gasteiger partial charge in [-0.05, 0) is 20.3 Å². The highest BCUT2D eigenvalue weighted by Crippen LogP contribution is 2.29. The van der Waals surface area contributed by atoms with E-state index in [1.54, 1.807) is 12.2 Å². The molecule has 0 amide bonds. The second-order valence-electron chi connectivity index (χ2n) is 4.16. The van der Waals surface area contributed by atoms with Crippen LogP contribution in [0.2, 0.25) is 0 Å². The molecule has 3 atom stereocenters. The molecule has 1 aliphatic heterocycles. The Hall–Kier alpha value is -0.640. The van der Waals surface area contributed by atoms with Gasteiger partial charge in [0.15, 0.2) is 5.79 Å². The summed E-state index contributed by atoms with van der Waals surface area (Å²) in [6.07, 6.45) is 5.30. The van der Waals surface area contributed by atoms with Crippen LogP contribution in [0.15, 0.2) is 24.8 Å². The third kappa shape index (κ3) is 3.45. The minimum atomic E-state index is -0.578. The smallest absolute Gasteiger partial charge is 0.164 e. The van der Waals surface area contributed by atoms with E-state index in [1.807, 2.05) is 26.8 Å². The molecule has 1 N–H and O–H groups in total. The van der Waals surface area contributed by atoms with E-state index in [-0.39, 0.29) is 12.2 Å². The molecule has 0 aliphatic carbocycles. The first-order valence-corrected chi connectivity index (χ1v) is 5.33. The van der Waals surface area contributed by atoms with E-state index >= 15 is 0 Å². The molecule has 0 saturated carbocycles. The van der Waals surface area contributed by atoms with Crippen LogP contribution in [0, 0.1) is 0 Å². The number of aliphatic hydroxyl groups excluding tert-OH is 1. The second kappa shape index (κ2) is 4.92. The van der Waals surface area contributed by atoms with Gasteiger partial charge >= 0.3 is 0 Å². The van der Waals surface area contributed by atoms with E-state index in [4.69, 9.17) is 9.47 Å². The Kier molecular flexibility index (Phi) is 4.08. The van der Waals surface area contributed by atoms with Gasteiger partial charge in [0.2, 0.25) is 0 Å². The fraction of sp³-hybridized carbons (Fsp3) is 0.667. The average molecular weight is 212 g/mol. The molecule has 3 heteroatoms. The van der Waals surface area contributed by atoms with Crippen molar-refractivity contribution in [3.63, 3.8) is 0 Å². The molecule has 0 spiro atoms. The van der Waals surface area contributed by atoms with Gasteiger partial charge in [0.1, 0.15) is 12.2 Å². The Morgan fingerprint density at radius 2 is 2.00 bits per heavy atom. The molecule has 15 heavy (non-hydrogen) atoms. The van der Waals surface area contributed by atoms with Gasteiger partial charge in [-0.25, -0.2) is 0 Å². The zero-order chi connectivity index (χ0) is 11.5. The fourth-order valence-corrected chi connectivity index (χ4v) is 1.52. The maximum Gasteiger partial charge on any atom is 0.164 e. The largest absolute Gasteiger partial charge is 0.389 e. The molecule has 0 aromatic rings. The summed E-state index contributed by atoms with van der Waals surface area (Å²) in [4.78, 5) is 0. The van der Waals surface area contributed by atoms with Crippen molar-refractivity contribution in [3.05, 3.63) is 24.8 Å². The van der Waals surface area contributed by atoms with Crippen molar-refractivity contribution in [2.45, 2.75) is 51.3 Å². The van der Waals surface area contributed by atoms with Gasteiger partial charge in [0.05, 0.1) is 6.10 Å². The van der Waals surface area contributed by atoms with Gasteiger partial charge in [-0.15, -0.1) is 6.58 Å². The normalized spacial score (nSPS) is 32.0. The van der Waals surface area contributed by atoms with Crippen LogP contribution in [0.3, 0.4) is 0 Å². The Balaban J connectivity index is 2.61. The summed E-state index contributed by atoms with van der Waals surface area (Å²) < 4.78 is 11.3. The van der Waals surface area contributed by atoms with Crippen molar-refractivity contribution in [2.24, 2.45) is 0 Å².